The van der Waals surface area contributed by atoms with E-state index >= 15 is 0 Å². The van der Waals surface area contributed by atoms with Crippen molar-refractivity contribution in [2.75, 3.05) is 11.4 Å². The molecular weight excluding hydrogens is 374 g/mol. The third kappa shape index (κ3) is 5.54. The van der Waals surface area contributed by atoms with Gasteiger partial charge in [-0.25, -0.2) is 0 Å². The summed E-state index contributed by atoms with van der Waals surface area (Å²) in [6.07, 6.45) is 3.44. The summed E-state index contributed by atoms with van der Waals surface area (Å²) in [6.45, 7) is 6.92. The Labute approximate surface area is 177 Å². The van der Waals surface area contributed by atoms with Crippen LogP contribution < -0.4 is 10.2 Å². The first-order chi connectivity index (χ1) is 14.4. The monoisotopic (exact) mass is 401 g/mol. The zero-order valence-electron chi connectivity index (χ0n) is 17.6. The Bertz CT molecular complexity index is 981. The van der Waals surface area contributed by atoms with Gasteiger partial charge in [-0.1, -0.05) is 44.2 Å². The molecule has 3 rings (SSSR count). The summed E-state index contributed by atoms with van der Waals surface area (Å²) in [5, 5.41) is 2.90. The number of aromatic nitrogens is 1. The number of nitrogens with zero attached hydrogens (tertiary/aromatic N) is 2. The Balaban J connectivity index is 1.67. The number of rotatable bonds is 7. The number of hydrogen-bond acceptors (Lipinski definition) is 3. The second kappa shape index (κ2) is 9.83. The minimum Gasteiger partial charge on any atom is -0.348 e. The predicted octanol–water partition coefficient (Wildman–Crippen LogP) is 4.69. The van der Waals surface area contributed by atoms with E-state index in [2.05, 4.69) is 24.1 Å². The molecule has 0 aliphatic heterocycles. The van der Waals surface area contributed by atoms with Crippen LogP contribution in [0.3, 0.4) is 0 Å². The Morgan fingerprint density at radius 2 is 1.60 bits per heavy atom. The highest BCUT2D eigenvalue weighted by molar-refractivity contribution is 5.95. The Kier molecular flexibility index (Phi) is 6.96. The number of benzene rings is 2. The van der Waals surface area contributed by atoms with Gasteiger partial charge < -0.3 is 10.2 Å². The molecule has 0 unspecified atom stereocenters. The van der Waals surface area contributed by atoms with Gasteiger partial charge in [-0.2, -0.15) is 0 Å². The maximum Gasteiger partial charge on any atom is 0.251 e. The smallest absolute Gasteiger partial charge is 0.251 e. The van der Waals surface area contributed by atoms with Gasteiger partial charge in [-0.3, -0.25) is 14.6 Å². The quantitative estimate of drug-likeness (QED) is 0.625. The highest BCUT2D eigenvalue weighted by Gasteiger charge is 2.13. The molecule has 0 fully saturated rings. The number of hydrogen-bond donors (Lipinski definition) is 1. The summed E-state index contributed by atoms with van der Waals surface area (Å²) in [5.74, 6) is 0.315. The van der Waals surface area contributed by atoms with Gasteiger partial charge in [-0.05, 0) is 52.9 Å². The molecule has 0 saturated heterocycles. The van der Waals surface area contributed by atoms with Crippen molar-refractivity contribution in [3.63, 3.8) is 0 Å². The number of carbonyl (C=O) groups is 2. The van der Waals surface area contributed by atoms with Crippen LogP contribution >= 0.6 is 0 Å². The fourth-order valence-corrected chi connectivity index (χ4v) is 3.22. The van der Waals surface area contributed by atoms with Crippen molar-refractivity contribution in [3.05, 3.63) is 84.2 Å². The maximum atomic E-state index is 12.4. The maximum absolute atomic E-state index is 12.4. The van der Waals surface area contributed by atoms with E-state index < -0.39 is 0 Å². The third-order valence-corrected chi connectivity index (χ3v) is 4.76. The Hall–Kier alpha value is -3.47. The highest BCUT2D eigenvalue weighted by atomic mass is 16.2. The van der Waals surface area contributed by atoms with Crippen LogP contribution in [-0.2, 0) is 11.3 Å². The van der Waals surface area contributed by atoms with Crippen LogP contribution in [0.5, 0.6) is 0 Å². The van der Waals surface area contributed by atoms with E-state index in [1.165, 1.54) is 0 Å². The lowest BCUT2D eigenvalue weighted by Gasteiger charge is -2.23. The van der Waals surface area contributed by atoms with Gasteiger partial charge in [0, 0.05) is 43.7 Å². The molecule has 5 heteroatoms. The number of pyridine rings is 1. The number of anilines is 1. The molecule has 0 atom stereocenters. The first-order valence-corrected chi connectivity index (χ1v) is 10.1. The number of nitrogens with one attached hydrogen (secondary N) is 1. The average Bonchev–Trinajstić information content (AvgIpc) is 2.76. The Morgan fingerprint density at radius 1 is 0.967 bits per heavy atom. The van der Waals surface area contributed by atoms with Crippen molar-refractivity contribution < 1.29 is 9.59 Å². The molecule has 1 aromatic heterocycles. The van der Waals surface area contributed by atoms with Crippen molar-refractivity contribution in [2.45, 2.75) is 27.3 Å². The van der Waals surface area contributed by atoms with Crippen LogP contribution in [0.1, 0.15) is 36.7 Å². The lowest BCUT2D eigenvalue weighted by molar-refractivity contribution is -0.116. The Morgan fingerprint density at radius 3 is 2.13 bits per heavy atom. The van der Waals surface area contributed by atoms with E-state index in [1.54, 1.807) is 24.2 Å². The van der Waals surface area contributed by atoms with Crippen LogP contribution in [-0.4, -0.2) is 23.3 Å². The fraction of sp³-hybridized carbons (Fsp3) is 0.240. The van der Waals surface area contributed by atoms with Crippen molar-refractivity contribution >= 4 is 17.5 Å². The first kappa shape index (κ1) is 21.2. The van der Waals surface area contributed by atoms with E-state index in [1.807, 2.05) is 60.7 Å². The lowest BCUT2D eigenvalue weighted by atomic mass is 10.0. The molecule has 2 amide bonds. The molecular formula is C25H27N3O2. The molecule has 3 aromatic rings. The molecule has 0 spiro atoms. The SMILES string of the molecule is CC(=O)N(CC(C)C)c1ccc(-c2ccc(C(=O)NCc3cccnc3)cc2)cc1. The molecule has 1 heterocycles. The van der Waals surface area contributed by atoms with E-state index in [0.717, 1.165) is 22.4 Å². The van der Waals surface area contributed by atoms with Crippen LogP contribution in [0.25, 0.3) is 11.1 Å². The molecule has 30 heavy (non-hydrogen) atoms. The van der Waals surface area contributed by atoms with Crippen molar-refractivity contribution in [1.82, 2.24) is 10.3 Å². The molecule has 0 aliphatic carbocycles. The van der Waals surface area contributed by atoms with Crippen molar-refractivity contribution in [3.8, 4) is 11.1 Å². The number of carbonyl (C=O) groups excluding carboxylic acids is 2. The van der Waals surface area contributed by atoms with Gasteiger partial charge >= 0.3 is 0 Å². The van der Waals surface area contributed by atoms with Crippen LogP contribution in [0.15, 0.2) is 73.1 Å². The van der Waals surface area contributed by atoms with Gasteiger partial charge in [0.25, 0.3) is 5.91 Å². The van der Waals surface area contributed by atoms with E-state index in [4.69, 9.17) is 0 Å². The molecule has 5 nitrogen and oxygen atoms in total. The largest absolute Gasteiger partial charge is 0.348 e. The topological polar surface area (TPSA) is 62.3 Å². The zero-order valence-corrected chi connectivity index (χ0v) is 17.6. The van der Waals surface area contributed by atoms with Gasteiger partial charge in [0.2, 0.25) is 5.91 Å². The van der Waals surface area contributed by atoms with Crippen molar-refractivity contribution in [1.29, 1.82) is 0 Å². The molecule has 0 saturated carbocycles. The second-order valence-electron chi connectivity index (χ2n) is 7.69. The minimum absolute atomic E-state index is 0.0399. The summed E-state index contributed by atoms with van der Waals surface area (Å²) in [6, 6.07) is 19.2. The van der Waals surface area contributed by atoms with Crippen LogP contribution in [0.2, 0.25) is 0 Å². The first-order valence-electron chi connectivity index (χ1n) is 10.1. The summed E-state index contributed by atoms with van der Waals surface area (Å²) >= 11 is 0. The highest BCUT2D eigenvalue weighted by Crippen LogP contribution is 2.24. The molecule has 0 bridgehead atoms. The fourth-order valence-electron chi connectivity index (χ4n) is 3.22. The predicted molar refractivity (Wildman–Crippen MR) is 120 cm³/mol. The lowest BCUT2D eigenvalue weighted by Crippen LogP contribution is -2.32. The summed E-state index contributed by atoms with van der Waals surface area (Å²) in [7, 11) is 0. The average molecular weight is 402 g/mol. The molecule has 0 aliphatic rings. The van der Waals surface area contributed by atoms with E-state index in [0.29, 0.717) is 24.6 Å². The molecule has 154 valence electrons. The van der Waals surface area contributed by atoms with Gasteiger partial charge in [-0.15, -0.1) is 0 Å². The molecule has 0 radical (unpaired) electrons. The van der Waals surface area contributed by atoms with Crippen molar-refractivity contribution in [2.24, 2.45) is 5.92 Å². The molecule has 1 N–H and O–H groups in total. The van der Waals surface area contributed by atoms with Gasteiger partial charge in [0.05, 0.1) is 0 Å². The van der Waals surface area contributed by atoms with Gasteiger partial charge in [0.15, 0.2) is 0 Å². The van der Waals surface area contributed by atoms with Crippen LogP contribution in [0.4, 0.5) is 5.69 Å². The van der Waals surface area contributed by atoms with E-state index in [-0.39, 0.29) is 11.8 Å². The third-order valence-electron chi connectivity index (χ3n) is 4.76. The van der Waals surface area contributed by atoms with Gasteiger partial charge in [0.1, 0.15) is 0 Å². The minimum atomic E-state index is -0.119. The van der Waals surface area contributed by atoms with Crippen LogP contribution in [0, 0.1) is 5.92 Å². The summed E-state index contributed by atoms with van der Waals surface area (Å²) in [5.41, 5.74) is 4.52. The summed E-state index contributed by atoms with van der Waals surface area (Å²) in [4.78, 5) is 30.2. The standard InChI is InChI=1S/C25H27N3O2/c1-18(2)17-28(19(3)29)24-12-10-22(11-13-24)21-6-8-23(9-7-21)25(30)27-16-20-5-4-14-26-15-20/h4-15,18H,16-17H2,1-3H3,(H,27,30). The normalized spacial score (nSPS) is 10.7. The summed E-state index contributed by atoms with van der Waals surface area (Å²) < 4.78 is 0. The van der Waals surface area contributed by atoms with E-state index in [9.17, 15) is 9.59 Å². The second-order valence-corrected chi connectivity index (χ2v) is 7.69. The zero-order chi connectivity index (χ0) is 21.5. The molecule has 2 aromatic carbocycles. The number of amides is 2.